The summed E-state index contributed by atoms with van der Waals surface area (Å²) in [6, 6.07) is 5.75. The summed E-state index contributed by atoms with van der Waals surface area (Å²) in [6.07, 6.45) is 0.726. The number of aliphatic carboxylic acids is 1. The number of fused-ring (bicyclic) bond motifs is 1. The van der Waals surface area contributed by atoms with Crippen LogP contribution in [-0.4, -0.2) is 24.2 Å². The third kappa shape index (κ3) is 2.40. The van der Waals surface area contributed by atoms with Crippen LogP contribution in [0.3, 0.4) is 0 Å². The van der Waals surface area contributed by atoms with Crippen LogP contribution < -0.4 is 10.1 Å². The van der Waals surface area contributed by atoms with Crippen LogP contribution in [0.4, 0.5) is 5.69 Å². The number of nitrogens with one attached hydrogen (secondary N) is 1. The van der Waals surface area contributed by atoms with Crippen molar-refractivity contribution in [3.63, 3.8) is 0 Å². The number of benzene rings is 1. The van der Waals surface area contributed by atoms with Crippen molar-refractivity contribution in [1.29, 1.82) is 0 Å². The first-order valence-electron chi connectivity index (χ1n) is 4.97. The summed E-state index contributed by atoms with van der Waals surface area (Å²) >= 11 is 0. The summed E-state index contributed by atoms with van der Waals surface area (Å²) in [4.78, 5) is 10.4. The number of ether oxygens (including phenoxy) is 1. The monoisotopic (exact) mass is 207 g/mol. The predicted molar refractivity (Wildman–Crippen MR) is 56.4 cm³/mol. The Kier molecular flexibility index (Phi) is 2.76. The van der Waals surface area contributed by atoms with E-state index in [2.05, 4.69) is 5.32 Å². The van der Waals surface area contributed by atoms with E-state index in [1.807, 2.05) is 18.2 Å². The van der Waals surface area contributed by atoms with E-state index < -0.39 is 5.97 Å². The fourth-order valence-electron chi connectivity index (χ4n) is 1.59. The van der Waals surface area contributed by atoms with Crippen LogP contribution >= 0.6 is 0 Å². The van der Waals surface area contributed by atoms with Gasteiger partial charge in [-0.3, -0.25) is 4.79 Å². The highest BCUT2D eigenvalue weighted by atomic mass is 16.5. The maximum atomic E-state index is 10.4. The Bertz CT molecular complexity index is 376. The number of carbonyl (C=O) groups is 1. The fourth-order valence-corrected chi connectivity index (χ4v) is 1.59. The van der Waals surface area contributed by atoms with E-state index in [1.165, 1.54) is 0 Å². The third-order valence-corrected chi connectivity index (χ3v) is 2.35. The molecule has 0 aliphatic carbocycles. The molecular formula is C11H13NO3. The van der Waals surface area contributed by atoms with Crippen molar-refractivity contribution in [2.45, 2.75) is 12.8 Å². The van der Waals surface area contributed by atoms with Crippen LogP contribution in [0, 0.1) is 0 Å². The van der Waals surface area contributed by atoms with Gasteiger partial charge in [0.25, 0.3) is 0 Å². The van der Waals surface area contributed by atoms with E-state index in [4.69, 9.17) is 9.84 Å². The van der Waals surface area contributed by atoms with E-state index in [1.54, 1.807) is 0 Å². The highest BCUT2D eigenvalue weighted by Crippen LogP contribution is 2.28. The molecule has 80 valence electrons. The van der Waals surface area contributed by atoms with Gasteiger partial charge in [0.05, 0.1) is 5.69 Å². The first kappa shape index (κ1) is 9.83. The molecule has 0 bridgehead atoms. The van der Waals surface area contributed by atoms with Crippen LogP contribution in [0.5, 0.6) is 5.75 Å². The van der Waals surface area contributed by atoms with E-state index >= 15 is 0 Å². The van der Waals surface area contributed by atoms with Gasteiger partial charge in [0.1, 0.15) is 12.4 Å². The Balaban J connectivity index is 2.10. The average Bonchev–Trinajstić information content (AvgIpc) is 2.26. The van der Waals surface area contributed by atoms with Gasteiger partial charge in [0.2, 0.25) is 0 Å². The zero-order chi connectivity index (χ0) is 10.7. The molecule has 0 unspecified atom stereocenters. The summed E-state index contributed by atoms with van der Waals surface area (Å²) in [5.74, 6) is 0.0808. The highest BCUT2D eigenvalue weighted by Gasteiger charge is 2.09. The average molecular weight is 207 g/mol. The van der Waals surface area contributed by atoms with Gasteiger partial charge in [0, 0.05) is 13.0 Å². The molecule has 1 heterocycles. The van der Waals surface area contributed by atoms with Gasteiger partial charge in [-0.25, -0.2) is 0 Å². The van der Waals surface area contributed by atoms with E-state index in [9.17, 15) is 4.79 Å². The Labute approximate surface area is 87.9 Å². The summed E-state index contributed by atoms with van der Waals surface area (Å²) in [6.45, 7) is 1.48. The first-order valence-corrected chi connectivity index (χ1v) is 4.97. The first-order chi connectivity index (χ1) is 7.25. The minimum atomic E-state index is -0.767. The Morgan fingerprint density at radius 3 is 3.20 bits per heavy atom. The van der Waals surface area contributed by atoms with Gasteiger partial charge in [-0.1, -0.05) is 6.07 Å². The Morgan fingerprint density at radius 1 is 1.53 bits per heavy atom. The second-order valence-electron chi connectivity index (χ2n) is 3.50. The van der Waals surface area contributed by atoms with Gasteiger partial charge >= 0.3 is 5.97 Å². The molecule has 2 N–H and O–H groups in total. The maximum Gasteiger partial charge on any atom is 0.303 e. The summed E-state index contributed by atoms with van der Waals surface area (Å²) in [5.41, 5.74) is 1.98. The lowest BCUT2D eigenvalue weighted by Gasteiger charge is -2.19. The van der Waals surface area contributed by atoms with E-state index in [-0.39, 0.29) is 6.42 Å². The van der Waals surface area contributed by atoms with Crippen LogP contribution in [0.2, 0.25) is 0 Å². The van der Waals surface area contributed by atoms with Gasteiger partial charge in [0.15, 0.2) is 0 Å². The third-order valence-electron chi connectivity index (χ3n) is 2.35. The normalized spacial score (nSPS) is 13.6. The quantitative estimate of drug-likeness (QED) is 0.788. The maximum absolute atomic E-state index is 10.4. The van der Waals surface area contributed by atoms with Crippen LogP contribution in [0.1, 0.15) is 12.0 Å². The molecule has 0 atom stereocenters. The molecule has 0 saturated carbocycles. The molecule has 1 aromatic carbocycles. The fraction of sp³-hybridized carbons (Fsp3) is 0.364. The standard InChI is InChI=1S/C11H13NO3/c13-11(14)4-2-8-1-3-10-9(7-8)12-5-6-15-10/h1,3,7,12H,2,4-6H2,(H,13,14). The van der Waals surface area contributed by atoms with Crippen molar-refractivity contribution in [2.75, 3.05) is 18.5 Å². The lowest BCUT2D eigenvalue weighted by Crippen LogP contribution is -2.18. The highest BCUT2D eigenvalue weighted by molar-refractivity contribution is 5.67. The minimum absolute atomic E-state index is 0.166. The molecule has 0 fully saturated rings. The van der Waals surface area contributed by atoms with Crippen molar-refractivity contribution < 1.29 is 14.6 Å². The van der Waals surface area contributed by atoms with Gasteiger partial charge < -0.3 is 15.2 Å². The molecule has 1 aromatic rings. The number of carboxylic acid groups (broad SMARTS) is 1. The van der Waals surface area contributed by atoms with Crippen LogP contribution in [0.25, 0.3) is 0 Å². The van der Waals surface area contributed by atoms with Crippen molar-refractivity contribution in [1.82, 2.24) is 0 Å². The smallest absolute Gasteiger partial charge is 0.303 e. The van der Waals surface area contributed by atoms with Gasteiger partial charge in [-0.05, 0) is 24.1 Å². The van der Waals surface area contributed by atoms with Gasteiger partial charge in [-0.15, -0.1) is 0 Å². The molecule has 0 radical (unpaired) electrons. The second-order valence-corrected chi connectivity index (χ2v) is 3.50. The van der Waals surface area contributed by atoms with Crippen molar-refractivity contribution in [3.05, 3.63) is 23.8 Å². The second kappa shape index (κ2) is 4.21. The number of aryl methyl sites for hydroxylation is 1. The zero-order valence-corrected chi connectivity index (χ0v) is 8.32. The molecule has 0 aromatic heterocycles. The minimum Gasteiger partial charge on any atom is -0.490 e. The van der Waals surface area contributed by atoms with Crippen molar-refractivity contribution in [3.8, 4) is 5.75 Å². The number of hydrogen-bond acceptors (Lipinski definition) is 3. The predicted octanol–water partition coefficient (Wildman–Crippen LogP) is 1.51. The molecule has 0 amide bonds. The molecule has 4 heteroatoms. The molecule has 0 saturated heterocycles. The van der Waals surface area contributed by atoms with E-state index in [0.717, 1.165) is 23.5 Å². The number of hydrogen-bond donors (Lipinski definition) is 2. The summed E-state index contributed by atoms with van der Waals surface area (Å²) in [5, 5.41) is 11.8. The SMILES string of the molecule is O=C(O)CCc1ccc2c(c1)NCCO2. The summed E-state index contributed by atoms with van der Waals surface area (Å²) < 4.78 is 5.43. The number of anilines is 1. The Hall–Kier alpha value is -1.71. The molecule has 15 heavy (non-hydrogen) atoms. The van der Waals surface area contributed by atoms with Crippen molar-refractivity contribution in [2.24, 2.45) is 0 Å². The van der Waals surface area contributed by atoms with Crippen LogP contribution in [0.15, 0.2) is 18.2 Å². The molecule has 1 aliphatic rings. The number of carboxylic acids is 1. The largest absolute Gasteiger partial charge is 0.490 e. The molecular weight excluding hydrogens is 194 g/mol. The molecule has 1 aliphatic heterocycles. The molecule has 0 spiro atoms. The summed E-state index contributed by atoms with van der Waals surface area (Å²) in [7, 11) is 0. The van der Waals surface area contributed by atoms with Crippen LogP contribution in [-0.2, 0) is 11.2 Å². The van der Waals surface area contributed by atoms with Crippen molar-refractivity contribution >= 4 is 11.7 Å². The lowest BCUT2D eigenvalue weighted by atomic mass is 10.1. The Morgan fingerprint density at radius 2 is 2.40 bits per heavy atom. The molecule has 2 rings (SSSR count). The topological polar surface area (TPSA) is 58.6 Å². The van der Waals surface area contributed by atoms with Gasteiger partial charge in [-0.2, -0.15) is 0 Å². The zero-order valence-electron chi connectivity index (χ0n) is 8.32. The molecule has 4 nitrogen and oxygen atoms in total. The van der Waals surface area contributed by atoms with E-state index in [0.29, 0.717) is 13.0 Å². The lowest BCUT2D eigenvalue weighted by molar-refractivity contribution is -0.136. The number of rotatable bonds is 3.